The summed E-state index contributed by atoms with van der Waals surface area (Å²) in [5.41, 5.74) is 0.998. The minimum atomic E-state index is 0.728. The first-order valence-corrected chi connectivity index (χ1v) is 7.13. The molecule has 0 unspecified atom stereocenters. The van der Waals surface area contributed by atoms with Crippen LogP contribution in [0, 0.1) is 0 Å². The predicted octanol–water partition coefficient (Wildman–Crippen LogP) is 3.10. The van der Waals surface area contributed by atoms with Crippen LogP contribution in [0.5, 0.6) is 5.88 Å². The highest BCUT2D eigenvalue weighted by Gasteiger charge is 2.09. The smallest absolute Gasteiger partial charge is 0.213 e. The van der Waals surface area contributed by atoms with E-state index in [1.807, 2.05) is 24.3 Å². The van der Waals surface area contributed by atoms with Crippen molar-refractivity contribution in [2.24, 2.45) is 0 Å². The summed E-state index contributed by atoms with van der Waals surface area (Å²) in [5.74, 6) is 0.732. The summed E-state index contributed by atoms with van der Waals surface area (Å²) in [4.78, 5) is 6.99. The van der Waals surface area contributed by atoms with Crippen LogP contribution < -0.4 is 4.74 Å². The molecule has 3 nitrogen and oxygen atoms in total. The third kappa shape index (κ3) is 3.24. The van der Waals surface area contributed by atoms with Gasteiger partial charge in [-0.2, -0.15) is 0 Å². The Morgan fingerprint density at radius 1 is 1.00 bits per heavy atom. The van der Waals surface area contributed by atoms with Gasteiger partial charge < -0.3 is 4.74 Å². The van der Waals surface area contributed by atoms with E-state index in [0.717, 1.165) is 29.9 Å². The molecule has 1 saturated heterocycles. The summed E-state index contributed by atoms with van der Waals surface area (Å²) >= 11 is 0. The number of benzene rings is 1. The van der Waals surface area contributed by atoms with Crippen LogP contribution in [0.2, 0.25) is 0 Å². The van der Waals surface area contributed by atoms with E-state index in [4.69, 9.17) is 4.74 Å². The van der Waals surface area contributed by atoms with Gasteiger partial charge in [-0.15, -0.1) is 0 Å². The molecule has 1 aliphatic rings. The second kappa shape index (κ2) is 6.02. The number of ether oxygens (including phenoxy) is 1. The fraction of sp³-hybridized carbons (Fsp3) is 0.438. The molecule has 0 aliphatic carbocycles. The molecule has 0 bridgehead atoms. The SMILES string of the molecule is c1ccc2nc(OCCN3CCCCC3)ccc2c1. The van der Waals surface area contributed by atoms with Crippen molar-refractivity contribution in [1.29, 1.82) is 0 Å². The minimum absolute atomic E-state index is 0.728. The van der Waals surface area contributed by atoms with E-state index >= 15 is 0 Å². The maximum atomic E-state index is 5.76. The molecule has 1 aromatic carbocycles. The van der Waals surface area contributed by atoms with Crippen molar-refractivity contribution in [2.45, 2.75) is 19.3 Å². The first-order chi connectivity index (χ1) is 9.42. The van der Waals surface area contributed by atoms with Gasteiger partial charge in [-0.25, -0.2) is 4.98 Å². The molecule has 0 N–H and O–H groups in total. The topological polar surface area (TPSA) is 25.4 Å². The molecule has 1 fully saturated rings. The highest BCUT2D eigenvalue weighted by atomic mass is 16.5. The molecular formula is C16H20N2O. The van der Waals surface area contributed by atoms with Crippen molar-refractivity contribution >= 4 is 10.9 Å². The number of aromatic nitrogens is 1. The van der Waals surface area contributed by atoms with Gasteiger partial charge >= 0.3 is 0 Å². The lowest BCUT2D eigenvalue weighted by molar-refractivity contribution is 0.181. The zero-order chi connectivity index (χ0) is 12.9. The molecule has 2 heterocycles. The number of rotatable bonds is 4. The van der Waals surface area contributed by atoms with Crippen LogP contribution in [-0.4, -0.2) is 36.1 Å². The van der Waals surface area contributed by atoms with Crippen molar-refractivity contribution in [3.8, 4) is 5.88 Å². The lowest BCUT2D eigenvalue weighted by Gasteiger charge is -2.26. The van der Waals surface area contributed by atoms with E-state index < -0.39 is 0 Å². The van der Waals surface area contributed by atoms with E-state index in [-0.39, 0.29) is 0 Å². The fourth-order valence-electron chi connectivity index (χ4n) is 2.59. The highest BCUT2D eigenvalue weighted by Crippen LogP contribution is 2.16. The largest absolute Gasteiger partial charge is 0.476 e. The maximum Gasteiger partial charge on any atom is 0.213 e. The molecule has 19 heavy (non-hydrogen) atoms. The molecule has 3 rings (SSSR count). The van der Waals surface area contributed by atoms with E-state index in [0.29, 0.717) is 0 Å². The van der Waals surface area contributed by atoms with Crippen molar-refractivity contribution in [2.75, 3.05) is 26.2 Å². The van der Waals surface area contributed by atoms with E-state index in [1.54, 1.807) is 0 Å². The molecule has 0 amide bonds. The zero-order valence-electron chi connectivity index (χ0n) is 11.2. The molecular weight excluding hydrogens is 236 g/mol. The summed E-state index contributed by atoms with van der Waals surface area (Å²) in [5, 5.41) is 1.16. The van der Waals surface area contributed by atoms with Gasteiger partial charge in [-0.1, -0.05) is 24.6 Å². The van der Waals surface area contributed by atoms with Crippen molar-refractivity contribution in [3.63, 3.8) is 0 Å². The van der Waals surface area contributed by atoms with Gasteiger partial charge in [0.1, 0.15) is 6.61 Å². The lowest BCUT2D eigenvalue weighted by atomic mass is 10.1. The molecule has 0 saturated carbocycles. The Labute approximate surface area is 114 Å². The number of para-hydroxylation sites is 1. The molecule has 2 aromatic rings. The number of hydrogen-bond acceptors (Lipinski definition) is 3. The molecule has 1 aliphatic heterocycles. The number of pyridine rings is 1. The summed E-state index contributed by atoms with van der Waals surface area (Å²) in [6, 6.07) is 12.2. The van der Waals surface area contributed by atoms with Crippen LogP contribution >= 0.6 is 0 Å². The van der Waals surface area contributed by atoms with Gasteiger partial charge in [-0.05, 0) is 38.1 Å². The van der Waals surface area contributed by atoms with E-state index in [9.17, 15) is 0 Å². The van der Waals surface area contributed by atoms with E-state index in [1.165, 1.54) is 32.4 Å². The van der Waals surface area contributed by atoms with Crippen molar-refractivity contribution in [3.05, 3.63) is 36.4 Å². The monoisotopic (exact) mass is 256 g/mol. The summed E-state index contributed by atoms with van der Waals surface area (Å²) < 4.78 is 5.76. The number of piperidine rings is 1. The van der Waals surface area contributed by atoms with Gasteiger partial charge in [0.25, 0.3) is 0 Å². The molecule has 100 valence electrons. The molecule has 0 spiro atoms. The maximum absolute atomic E-state index is 5.76. The van der Waals surface area contributed by atoms with Crippen molar-refractivity contribution < 1.29 is 4.74 Å². The average Bonchev–Trinajstić information content (AvgIpc) is 2.48. The van der Waals surface area contributed by atoms with Gasteiger partial charge in [-0.3, -0.25) is 4.90 Å². The fourth-order valence-corrected chi connectivity index (χ4v) is 2.59. The second-order valence-corrected chi connectivity index (χ2v) is 5.09. The zero-order valence-corrected chi connectivity index (χ0v) is 11.2. The first kappa shape index (κ1) is 12.4. The quantitative estimate of drug-likeness (QED) is 0.840. The normalized spacial score (nSPS) is 16.6. The Hall–Kier alpha value is -1.61. The molecule has 0 atom stereocenters. The number of likely N-dealkylation sites (tertiary alicyclic amines) is 1. The first-order valence-electron chi connectivity index (χ1n) is 7.13. The Bertz CT molecular complexity index is 535. The third-order valence-electron chi connectivity index (χ3n) is 3.68. The summed E-state index contributed by atoms with van der Waals surface area (Å²) in [7, 11) is 0. The van der Waals surface area contributed by atoms with Crippen LogP contribution in [-0.2, 0) is 0 Å². The standard InChI is InChI=1S/C16H20N2O/c1-4-10-18(11-5-1)12-13-19-16-9-8-14-6-2-3-7-15(14)17-16/h2-3,6-9H,1,4-5,10-13H2. The van der Waals surface area contributed by atoms with Crippen LogP contribution in [0.25, 0.3) is 10.9 Å². The van der Waals surface area contributed by atoms with Crippen LogP contribution in [0.1, 0.15) is 19.3 Å². The molecule has 3 heteroatoms. The molecule has 0 radical (unpaired) electrons. The Morgan fingerprint density at radius 3 is 2.74 bits per heavy atom. The lowest BCUT2D eigenvalue weighted by Crippen LogP contribution is -2.33. The summed E-state index contributed by atoms with van der Waals surface area (Å²) in [6.07, 6.45) is 4.03. The minimum Gasteiger partial charge on any atom is -0.476 e. The van der Waals surface area contributed by atoms with Crippen molar-refractivity contribution in [1.82, 2.24) is 9.88 Å². The van der Waals surface area contributed by atoms with Gasteiger partial charge in [0.2, 0.25) is 5.88 Å². The third-order valence-corrected chi connectivity index (χ3v) is 3.68. The van der Waals surface area contributed by atoms with Gasteiger partial charge in [0.15, 0.2) is 0 Å². The number of hydrogen-bond donors (Lipinski definition) is 0. The molecule has 1 aromatic heterocycles. The second-order valence-electron chi connectivity index (χ2n) is 5.09. The van der Waals surface area contributed by atoms with Gasteiger partial charge in [0.05, 0.1) is 5.52 Å². The van der Waals surface area contributed by atoms with Crippen LogP contribution in [0.4, 0.5) is 0 Å². The van der Waals surface area contributed by atoms with Crippen LogP contribution in [0.15, 0.2) is 36.4 Å². The Balaban J connectivity index is 1.56. The van der Waals surface area contributed by atoms with E-state index in [2.05, 4.69) is 22.0 Å². The number of fused-ring (bicyclic) bond motifs is 1. The number of nitrogens with zero attached hydrogens (tertiary/aromatic N) is 2. The Morgan fingerprint density at radius 2 is 1.84 bits per heavy atom. The Kier molecular flexibility index (Phi) is 3.94. The highest BCUT2D eigenvalue weighted by molar-refractivity contribution is 5.78. The summed E-state index contributed by atoms with van der Waals surface area (Å²) in [6.45, 7) is 4.17. The average molecular weight is 256 g/mol. The van der Waals surface area contributed by atoms with Gasteiger partial charge in [0, 0.05) is 18.0 Å². The van der Waals surface area contributed by atoms with Crippen LogP contribution in [0.3, 0.4) is 0 Å². The predicted molar refractivity (Wildman–Crippen MR) is 77.5 cm³/mol.